The van der Waals surface area contributed by atoms with Crippen LogP contribution in [0.5, 0.6) is 0 Å². The molecule has 1 N–H and O–H groups in total. The Kier molecular flexibility index (Phi) is 9.73. The number of sulfonamides is 1. The van der Waals surface area contributed by atoms with Gasteiger partial charge in [0, 0.05) is 40.9 Å². The summed E-state index contributed by atoms with van der Waals surface area (Å²) in [7, 11) is -7.84. The maximum Gasteiger partial charge on any atom is 0.245 e. The topological polar surface area (TPSA) is 119 Å². The molecule has 2 aliphatic rings. The summed E-state index contributed by atoms with van der Waals surface area (Å²) in [4.78, 5) is 20.0. The molecule has 3 aromatic rings. The first kappa shape index (κ1) is 31.1. The standard InChI is InChI=1S/C29H33ClN2O7S3/c30-24-11-9-23(10-12-24)25-13-14-26(40-25)29(20-27(33)31-39-28-8-4-5-18-38-28)15-16-32(17-19-41(29,34)35)42(36,37)21-22-6-2-1-3-7-22/h1-3,6-7,9-14,28H,4-5,8,15-21H2,(H,31,33). The molecular formula is C29H33ClN2O7S3. The molecule has 0 aliphatic carbocycles. The second kappa shape index (κ2) is 13.1. The van der Waals surface area contributed by atoms with Crippen LogP contribution < -0.4 is 5.48 Å². The van der Waals surface area contributed by atoms with Gasteiger partial charge in [-0.3, -0.25) is 4.79 Å². The lowest BCUT2D eigenvalue weighted by Gasteiger charge is -2.31. The van der Waals surface area contributed by atoms with E-state index in [2.05, 4.69) is 5.48 Å². The third-order valence-corrected chi connectivity index (χ3v) is 13.7. The Hall–Kier alpha value is -2.32. The lowest BCUT2D eigenvalue weighted by molar-refractivity contribution is -0.200. The minimum Gasteiger partial charge on any atom is -0.350 e. The number of halogens is 1. The molecule has 42 heavy (non-hydrogen) atoms. The minimum atomic E-state index is -4.02. The van der Waals surface area contributed by atoms with Gasteiger partial charge in [-0.25, -0.2) is 31.5 Å². The number of benzene rings is 2. The van der Waals surface area contributed by atoms with Gasteiger partial charge in [-0.15, -0.1) is 11.3 Å². The van der Waals surface area contributed by atoms with E-state index in [1.54, 1.807) is 48.5 Å². The molecule has 9 nitrogen and oxygen atoms in total. The van der Waals surface area contributed by atoms with Crippen molar-refractivity contribution in [1.29, 1.82) is 0 Å². The van der Waals surface area contributed by atoms with Crippen LogP contribution in [-0.4, -0.2) is 58.8 Å². The van der Waals surface area contributed by atoms with Gasteiger partial charge in [-0.05, 0) is 54.7 Å². The van der Waals surface area contributed by atoms with E-state index < -0.39 is 49.0 Å². The van der Waals surface area contributed by atoms with Crippen molar-refractivity contribution >= 4 is 48.7 Å². The number of hydroxylamine groups is 1. The fourth-order valence-corrected chi connectivity index (χ4v) is 10.7. The largest absolute Gasteiger partial charge is 0.350 e. The van der Waals surface area contributed by atoms with Gasteiger partial charge in [-0.2, -0.15) is 0 Å². The van der Waals surface area contributed by atoms with E-state index >= 15 is 0 Å². The van der Waals surface area contributed by atoms with E-state index in [0.717, 1.165) is 23.3 Å². The van der Waals surface area contributed by atoms with Crippen LogP contribution in [0.15, 0.2) is 66.7 Å². The predicted octanol–water partition coefficient (Wildman–Crippen LogP) is 4.88. The molecule has 1 aromatic heterocycles. The van der Waals surface area contributed by atoms with Crippen molar-refractivity contribution in [2.75, 3.05) is 25.4 Å². The van der Waals surface area contributed by atoms with Gasteiger partial charge in [0.1, 0.15) is 4.75 Å². The normalized spacial score (nSPS) is 23.2. The lowest BCUT2D eigenvalue weighted by atomic mass is 9.97. The summed E-state index contributed by atoms with van der Waals surface area (Å²) in [6, 6.07) is 19.5. The molecule has 226 valence electrons. The van der Waals surface area contributed by atoms with Gasteiger partial charge in [0.25, 0.3) is 0 Å². The molecule has 5 rings (SSSR count). The molecule has 2 saturated heterocycles. The molecule has 0 radical (unpaired) electrons. The number of amides is 1. The molecule has 2 fully saturated rings. The third kappa shape index (κ3) is 7.07. The first-order chi connectivity index (χ1) is 20.1. The number of hydrogen-bond acceptors (Lipinski definition) is 8. The minimum absolute atomic E-state index is 0.0531. The van der Waals surface area contributed by atoms with E-state index in [1.165, 1.54) is 15.6 Å². The van der Waals surface area contributed by atoms with Gasteiger partial charge >= 0.3 is 0 Å². The number of nitrogens with zero attached hydrogens (tertiary/aromatic N) is 1. The van der Waals surface area contributed by atoms with Crippen LogP contribution in [0.3, 0.4) is 0 Å². The summed E-state index contributed by atoms with van der Waals surface area (Å²) < 4.78 is 60.1. The van der Waals surface area contributed by atoms with Crippen LogP contribution in [0.4, 0.5) is 0 Å². The summed E-state index contributed by atoms with van der Waals surface area (Å²) in [6.07, 6.45) is 1.32. The fourth-order valence-electron chi connectivity index (χ4n) is 5.29. The van der Waals surface area contributed by atoms with Crippen molar-refractivity contribution in [3.05, 3.63) is 82.2 Å². The van der Waals surface area contributed by atoms with Crippen molar-refractivity contribution in [1.82, 2.24) is 9.79 Å². The summed E-state index contributed by atoms with van der Waals surface area (Å²) in [5.41, 5.74) is 3.87. The molecule has 2 aliphatic heterocycles. The Morgan fingerprint density at radius 2 is 1.83 bits per heavy atom. The van der Waals surface area contributed by atoms with Crippen LogP contribution in [0.1, 0.15) is 42.5 Å². The van der Waals surface area contributed by atoms with Gasteiger partial charge in [0.05, 0.1) is 17.9 Å². The van der Waals surface area contributed by atoms with Gasteiger partial charge in [0.2, 0.25) is 15.9 Å². The number of sulfone groups is 1. The Morgan fingerprint density at radius 3 is 2.55 bits per heavy atom. The molecule has 0 saturated carbocycles. The molecule has 0 bridgehead atoms. The smallest absolute Gasteiger partial charge is 0.245 e. The fraction of sp³-hybridized carbons (Fsp3) is 0.414. The van der Waals surface area contributed by atoms with Crippen LogP contribution in [0, 0.1) is 0 Å². The number of carbonyl (C=O) groups excluding carboxylic acids is 1. The molecule has 2 atom stereocenters. The second-order valence-electron chi connectivity index (χ2n) is 10.5. The van der Waals surface area contributed by atoms with E-state index in [1.807, 2.05) is 18.2 Å². The molecule has 2 aromatic carbocycles. The first-order valence-electron chi connectivity index (χ1n) is 13.7. The van der Waals surface area contributed by atoms with E-state index in [9.17, 15) is 21.6 Å². The van der Waals surface area contributed by atoms with Crippen molar-refractivity contribution in [2.45, 2.75) is 48.9 Å². The maximum absolute atomic E-state index is 14.1. The first-order valence-corrected chi connectivity index (χ1v) is 18.2. The number of hydrogen-bond donors (Lipinski definition) is 1. The van der Waals surface area contributed by atoms with Crippen molar-refractivity contribution in [3.63, 3.8) is 0 Å². The summed E-state index contributed by atoms with van der Waals surface area (Å²) in [6.45, 7) is 0.278. The zero-order valence-corrected chi connectivity index (χ0v) is 26.1. The lowest BCUT2D eigenvalue weighted by Crippen LogP contribution is -2.43. The summed E-state index contributed by atoms with van der Waals surface area (Å²) >= 11 is 7.33. The third-order valence-electron chi connectivity index (χ3n) is 7.63. The quantitative estimate of drug-likeness (QED) is 0.327. The predicted molar refractivity (Wildman–Crippen MR) is 163 cm³/mol. The van der Waals surface area contributed by atoms with Crippen LogP contribution >= 0.6 is 22.9 Å². The maximum atomic E-state index is 14.1. The SMILES string of the molecule is O=C(CC1(c2ccc(-c3ccc(Cl)cc3)s2)CCN(S(=O)(=O)Cc2ccccc2)CCS1(=O)=O)NOC1CCCCO1. The highest BCUT2D eigenvalue weighted by atomic mass is 35.5. The Balaban J connectivity index is 1.45. The average Bonchev–Trinajstić information content (AvgIpc) is 3.42. The monoisotopic (exact) mass is 652 g/mol. The zero-order chi connectivity index (χ0) is 29.8. The zero-order valence-electron chi connectivity index (χ0n) is 22.9. The summed E-state index contributed by atoms with van der Waals surface area (Å²) in [5.74, 6) is -1.28. The second-order valence-corrected chi connectivity index (χ2v) is 16.4. The van der Waals surface area contributed by atoms with Crippen molar-refractivity contribution in [2.24, 2.45) is 0 Å². The average molecular weight is 653 g/mol. The van der Waals surface area contributed by atoms with Crippen molar-refractivity contribution in [3.8, 4) is 10.4 Å². The molecule has 13 heteroatoms. The number of carbonyl (C=O) groups is 1. The van der Waals surface area contributed by atoms with Crippen molar-refractivity contribution < 1.29 is 31.2 Å². The van der Waals surface area contributed by atoms with Gasteiger partial charge < -0.3 is 4.74 Å². The van der Waals surface area contributed by atoms with Gasteiger partial charge in [0.15, 0.2) is 16.1 Å². The number of nitrogens with one attached hydrogen (secondary N) is 1. The van der Waals surface area contributed by atoms with E-state index in [4.69, 9.17) is 21.2 Å². The highest BCUT2D eigenvalue weighted by molar-refractivity contribution is 7.92. The highest BCUT2D eigenvalue weighted by Gasteiger charge is 2.50. The Bertz CT molecular complexity index is 1590. The highest BCUT2D eigenvalue weighted by Crippen LogP contribution is 2.45. The number of ether oxygens (including phenoxy) is 1. The Morgan fingerprint density at radius 1 is 1.07 bits per heavy atom. The molecule has 2 unspecified atom stereocenters. The summed E-state index contributed by atoms with van der Waals surface area (Å²) in [5, 5.41) is 0.578. The van der Waals surface area contributed by atoms with Crippen LogP contribution in [0.25, 0.3) is 10.4 Å². The molecule has 1 amide bonds. The van der Waals surface area contributed by atoms with E-state index in [-0.39, 0.29) is 25.3 Å². The van der Waals surface area contributed by atoms with E-state index in [0.29, 0.717) is 28.5 Å². The van der Waals surface area contributed by atoms with Crippen LogP contribution in [0.2, 0.25) is 5.02 Å². The number of rotatable bonds is 9. The number of thiophene rings is 1. The van der Waals surface area contributed by atoms with Gasteiger partial charge in [-0.1, -0.05) is 54.1 Å². The molecule has 0 spiro atoms. The Labute approximate surface area is 255 Å². The van der Waals surface area contributed by atoms with Crippen LogP contribution in [-0.2, 0) is 44.7 Å². The molecule has 3 heterocycles. The molecular weight excluding hydrogens is 620 g/mol.